The van der Waals surface area contributed by atoms with Crippen LogP contribution in [0.4, 0.5) is 0 Å². The molecule has 0 unspecified atom stereocenters. The Kier molecular flexibility index (Phi) is 5.57. The number of benzene rings is 3. The van der Waals surface area contributed by atoms with Crippen LogP contribution in [0.1, 0.15) is 23.6 Å². The van der Waals surface area contributed by atoms with Gasteiger partial charge in [-0.2, -0.15) is 0 Å². The number of carbonyl (C=O) groups excluding carboxylic acids is 2. The molecule has 0 spiro atoms. The van der Waals surface area contributed by atoms with Crippen LogP contribution in [-0.2, 0) is 22.7 Å². The summed E-state index contributed by atoms with van der Waals surface area (Å²) in [5.74, 6) is 0.726. The molecular formula is C27H24N2O4. The third-order valence-corrected chi connectivity index (χ3v) is 5.90. The van der Waals surface area contributed by atoms with E-state index < -0.39 is 0 Å². The summed E-state index contributed by atoms with van der Waals surface area (Å²) in [6.07, 6.45) is 0. The Morgan fingerprint density at radius 3 is 2.24 bits per heavy atom. The molecule has 2 heterocycles. The smallest absolute Gasteiger partial charge is 0.278 e. The monoisotopic (exact) mass is 440 g/mol. The van der Waals surface area contributed by atoms with E-state index in [1.807, 2.05) is 90.7 Å². The van der Waals surface area contributed by atoms with Crippen molar-refractivity contribution in [3.05, 3.63) is 101 Å². The molecule has 0 saturated carbocycles. The van der Waals surface area contributed by atoms with Crippen LogP contribution in [0.3, 0.4) is 0 Å². The van der Waals surface area contributed by atoms with Crippen molar-refractivity contribution < 1.29 is 19.1 Å². The summed E-state index contributed by atoms with van der Waals surface area (Å²) in [6.45, 7) is 3.47. The molecule has 0 radical (unpaired) electrons. The second kappa shape index (κ2) is 8.82. The highest BCUT2D eigenvalue weighted by Gasteiger charge is 2.41. The second-order valence-corrected chi connectivity index (χ2v) is 7.97. The zero-order valence-electron chi connectivity index (χ0n) is 18.4. The van der Waals surface area contributed by atoms with E-state index in [2.05, 4.69) is 0 Å². The lowest BCUT2D eigenvalue weighted by Gasteiger charge is -2.25. The van der Waals surface area contributed by atoms with Crippen molar-refractivity contribution in [1.82, 2.24) is 9.80 Å². The molecule has 3 aromatic rings. The highest BCUT2D eigenvalue weighted by molar-refractivity contribution is 6.35. The van der Waals surface area contributed by atoms with Crippen LogP contribution in [0.2, 0.25) is 0 Å². The first-order valence-corrected chi connectivity index (χ1v) is 11.0. The topological polar surface area (TPSA) is 59.1 Å². The summed E-state index contributed by atoms with van der Waals surface area (Å²) >= 11 is 0. The Labute approximate surface area is 192 Å². The third-order valence-electron chi connectivity index (χ3n) is 5.90. The second-order valence-electron chi connectivity index (χ2n) is 7.97. The number of carbonyl (C=O) groups is 2. The van der Waals surface area contributed by atoms with Crippen LogP contribution in [-0.4, -0.2) is 35.0 Å². The predicted molar refractivity (Wildman–Crippen MR) is 124 cm³/mol. The number of nitrogens with zero attached hydrogens (tertiary/aromatic N) is 2. The number of hydrogen-bond donors (Lipinski definition) is 0. The number of imide groups is 1. The molecule has 0 saturated heterocycles. The van der Waals surface area contributed by atoms with Gasteiger partial charge in [-0.1, -0.05) is 66.7 Å². The van der Waals surface area contributed by atoms with E-state index in [1.165, 1.54) is 4.90 Å². The molecule has 0 aromatic heterocycles. The highest BCUT2D eigenvalue weighted by Crippen LogP contribution is 2.36. The van der Waals surface area contributed by atoms with Gasteiger partial charge in [-0.15, -0.1) is 0 Å². The van der Waals surface area contributed by atoms with Gasteiger partial charge in [0.25, 0.3) is 11.8 Å². The summed E-state index contributed by atoms with van der Waals surface area (Å²) in [6, 6.07) is 24.9. The van der Waals surface area contributed by atoms with E-state index >= 15 is 0 Å². The lowest BCUT2D eigenvalue weighted by Crippen LogP contribution is -2.34. The first-order chi connectivity index (χ1) is 16.2. The quantitative estimate of drug-likeness (QED) is 0.515. The molecule has 5 rings (SSSR count). The van der Waals surface area contributed by atoms with Gasteiger partial charge in [0.05, 0.1) is 12.1 Å². The minimum Gasteiger partial charge on any atom is -0.454 e. The van der Waals surface area contributed by atoms with E-state index in [0.29, 0.717) is 35.9 Å². The number of fused-ring (bicyclic) bond motifs is 1. The fourth-order valence-corrected chi connectivity index (χ4v) is 4.24. The maximum absolute atomic E-state index is 13.7. The average Bonchev–Trinajstić information content (AvgIpc) is 3.41. The standard InChI is InChI=1S/C27H24N2O4/c1-2-28(16-19-9-5-3-6-10-19)25-24(21-11-7-4-8-12-21)26(30)29(27(25)31)17-20-13-14-22-23(15-20)33-18-32-22/h3-15H,2,16-18H2,1H3. The third kappa shape index (κ3) is 3.96. The summed E-state index contributed by atoms with van der Waals surface area (Å²) in [7, 11) is 0. The van der Waals surface area contributed by atoms with Crippen molar-refractivity contribution in [3.8, 4) is 11.5 Å². The Morgan fingerprint density at radius 1 is 0.818 bits per heavy atom. The largest absolute Gasteiger partial charge is 0.454 e. The molecule has 166 valence electrons. The summed E-state index contributed by atoms with van der Waals surface area (Å²) in [4.78, 5) is 30.6. The van der Waals surface area contributed by atoms with Gasteiger partial charge >= 0.3 is 0 Å². The normalized spacial score (nSPS) is 14.9. The fraction of sp³-hybridized carbons (Fsp3) is 0.185. The number of hydrogen-bond acceptors (Lipinski definition) is 5. The van der Waals surface area contributed by atoms with Crippen LogP contribution in [0, 0.1) is 0 Å². The zero-order valence-corrected chi connectivity index (χ0v) is 18.4. The van der Waals surface area contributed by atoms with E-state index in [9.17, 15) is 9.59 Å². The number of rotatable bonds is 7. The van der Waals surface area contributed by atoms with Gasteiger partial charge in [0.1, 0.15) is 5.70 Å². The van der Waals surface area contributed by atoms with Gasteiger partial charge in [0.2, 0.25) is 6.79 Å². The van der Waals surface area contributed by atoms with Gasteiger partial charge in [-0.05, 0) is 35.7 Å². The molecule has 0 fully saturated rings. The van der Waals surface area contributed by atoms with Crippen molar-refractivity contribution in [2.75, 3.05) is 13.3 Å². The van der Waals surface area contributed by atoms with Crippen molar-refractivity contribution in [2.24, 2.45) is 0 Å². The van der Waals surface area contributed by atoms with Crippen LogP contribution in [0.5, 0.6) is 11.5 Å². The molecule has 6 heteroatoms. The first-order valence-electron chi connectivity index (χ1n) is 11.0. The number of ether oxygens (including phenoxy) is 2. The average molecular weight is 440 g/mol. The first kappa shape index (κ1) is 20.8. The summed E-state index contributed by atoms with van der Waals surface area (Å²) in [5.41, 5.74) is 3.51. The molecule has 0 aliphatic carbocycles. The van der Waals surface area contributed by atoms with E-state index in [1.54, 1.807) is 0 Å². The Bertz CT molecular complexity index is 1220. The van der Waals surface area contributed by atoms with Crippen LogP contribution in [0.15, 0.2) is 84.6 Å². The molecule has 0 N–H and O–H groups in total. The van der Waals surface area contributed by atoms with Crippen LogP contribution < -0.4 is 9.47 Å². The van der Waals surface area contributed by atoms with Crippen LogP contribution >= 0.6 is 0 Å². The molecule has 2 aliphatic rings. The van der Waals surface area contributed by atoms with Crippen LogP contribution in [0.25, 0.3) is 5.57 Å². The van der Waals surface area contributed by atoms with Crippen molar-refractivity contribution in [3.63, 3.8) is 0 Å². The highest BCUT2D eigenvalue weighted by atomic mass is 16.7. The molecule has 33 heavy (non-hydrogen) atoms. The lowest BCUT2D eigenvalue weighted by atomic mass is 10.0. The summed E-state index contributed by atoms with van der Waals surface area (Å²) < 4.78 is 10.8. The van der Waals surface area contributed by atoms with E-state index in [4.69, 9.17) is 9.47 Å². The molecular weight excluding hydrogens is 416 g/mol. The zero-order chi connectivity index (χ0) is 22.8. The van der Waals surface area contributed by atoms with Crippen molar-refractivity contribution >= 4 is 17.4 Å². The maximum Gasteiger partial charge on any atom is 0.278 e. The Hall–Kier alpha value is -4.06. The Balaban J connectivity index is 1.51. The number of likely N-dealkylation sites (N-methyl/N-ethyl adjacent to an activating group) is 1. The van der Waals surface area contributed by atoms with Gasteiger partial charge in [-0.25, -0.2) is 0 Å². The van der Waals surface area contributed by atoms with Crippen molar-refractivity contribution in [2.45, 2.75) is 20.0 Å². The minimum atomic E-state index is -0.287. The van der Waals surface area contributed by atoms with Gasteiger partial charge in [0, 0.05) is 13.1 Å². The SMILES string of the molecule is CCN(Cc1ccccc1)C1=C(c2ccccc2)C(=O)N(Cc2ccc3c(c2)OCO3)C1=O. The molecule has 3 aromatic carbocycles. The molecule has 2 aliphatic heterocycles. The molecule has 0 atom stereocenters. The minimum absolute atomic E-state index is 0.164. The summed E-state index contributed by atoms with van der Waals surface area (Å²) in [5, 5.41) is 0. The maximum atomic E-state index is 13.7. The lowest BCUT2D eigenvalue weighted by molar-refractivity contribution is -0.138. The number of amides is 2. The fourth-order valence-electron chi connectivity index (χ4n) is 4.24. The van der Waals surface area contributed by atoms with Gasteiger partial charge < -0.3 is 14.4 Å². The van der Waals surface area contributed by atoms with Gasteiger partial charge in [-0.3, -0.25) is 14.5 Å². The molecule has 6 nitrogen and oxygen atoms in total. The predicted octanol–water partition coefficient (Wildman–Crippen LogP) is 4.22. The molecule has 2 amide bonds. The van der Waals surface area contributed by atoms with Gasteiger partial charge in [0.15, 0.2) is 11.5 Å². The Morgan fingerprint density at radius 2 is 1.52 bits per heavy atom. The van der Waals surface area contributed by atoms with E-state index in [-0.39, 0.29) is 25.2 Å². The van der Waals surface area contributed by atoms with E-state index in [0.717, 1.165) is 16.7 Å². The molecule has 0 bridgehead atoms. The van der Waals surface area contributed by atoms with Crippen molar-refractivity contribution in [1.29, 1.82) is 0 Å².